The summed E-state index contributed by atoms with van der Waals surface area (Å²) in [7, 11) is 0. The first-order chi connectivity index (χ1) is 14.0. The van der Waals surface area contributed by atoms with Crippen molar-refractivity contribution in [2.24, 2.45) is 0 Å². The quantitative estimate of drug-likeness (QED) is 0.381. The van der Waals surface area contributed by atoms with Crippen molar-refractivity contribution >= 4 is 23.2 Å². The van der Waals surface area contributed by atoms with Gasteiger partial charge in [-0.25, -0.2) is 0 Å². The summed E-state index contributed by atoms with van der Waals surface area (Å²) in [6, 6.07) is 16.8. The Kier molecular flexibility index (Phi) is 7.03. The Morgan fingerprint density at radius 2 is 1.62 bits per heavy atom. The Morgan fingerprint density at radius 1 is 0.897 bits per heavy atom. The summed E-state index contributed by atoms with van der Waals surface area (Å²) in [5.74, 6) is 0.963. The van der Waals surface area contributed by atoms with Crippen molar-refractivity contribution in [3.8, 4) is 22.6 Å². The van der Waals surface area contributed by atoms with E-state index in [4.69, 9.17) is 27.9 Å². The van der Waals surface area contributed by atoms with Crippen molar-refractivity contribution in [2.75, 3.05) is 0 Å². The highest BCUT2D eigenvalue weighted by Gasteiger charge is 2.12. The van der Waals surface area contributed by atoms with E-state index in [2.05, 4.69) is 13.2 Å². The average molecular weight is 425 g/mol. The number of benzene rings is 3. The summed E-state index contributed by atoms with van der Waals surface area (Å²) >= 11 is 12.5. The number of hydrogen-bond acceptors (Lipinski definition) is 2. The fraction of sp³-hybridized carbons (Fsp3) is 0.120. The van der Waals surface area contributed by atoms with Crippen LogP contribution in [0.5, 0.6) is 11.5 Å². The van der Waals surface area contributed by atoms with Crippen LogP contribution < -0.4 is 4.74 Å². The van der Waals surface area contributed by atoms with Crippen LogP contribution in [0.1, 0.15) is 16.7 Å². The van der Waals surface area contributed by atoms with Crippen LogP contribution in [-0.4, -0.2) is 5.11 Å². The molecule has 0 saturated carbocycles. The molecule has 3 aromatic carbocycles. The van der Waals surface area contributed by atoms with Gasteiger partial charge in [0.15, 0.2) is 0 Å². The van der Waals surface area contributed by atoms with Crippen molar-refractivity contribution in [1.29, 1.82) is 0 Å². The lowest BCUT2D eigenvalue weighted by Crippen LogP contribution is -2.00. The second-order valence-electron chi connectivity index (χ2n) is 6.65. The van der Waals surface area contributed by atoms with E-state index in [1.807, 2.05) is 42.5 Å². The molecular formula is C25H22Cl2O2. The number of aromatic hydroxyl groups is 1. The summed E-state index contributed by atoms with van der Waals surface area (Å²) in [5, 5.41) is 11.5. The van der Waals surface area contributed by atoms with Crippen molar-refractivity contribution in [1.82, 2.24) is 0 Å². The highest BCUT2D eigenvalue weighted by atomic mass is 35.5. The minimum absolute atomic E-state index is 0.235. The zero-order chi connectivity index (χ0) is 20.8. The Morgan fingerprint density at radius 3 is 2.31 bits per heavy atom. The Hall–Kier alpha value is -2.68. The van der Waals surface area contributed by atoms with Gasteiger partial charge in [0.05, 0.1) is 0 Å². The number of hydrogen-bond donors (Lipinski definition) is 1. The molecule has 0 saturated heterocycles. The molecule has 0 aliphatic carbocycles. The second kappa shape index (κ2) is 9.69. The van der Waals surface area contributed by atoms with Crippen LogP contribution in [0, 0.1) is 0 Å². The lowest BCUT2D eigenvalue weighted by molar-refractivity contribution is 0.303. The van der Waals surface area contributed by atoms with Gasteiger partial charge in [0.2, 0.25) is 0 Å². The molecule has 0 aliphatic heterocycles. The molecule has 0 atom stereocenters. The third-order valence-corrected chi connectivity index (χ3v) is 5.32. The monoisotopic (exact) mass is 424 g/mol. The third kappa shape index (κ3) is 5.03. The highest BCUT2D eigenvalue weighted by molar-refractivity contribution is 6.35. The number of phenolic OH excluding ortho intramolecular Hbond substituents is 1. The standard InChI is InChI=1S/C25H22Cl2O2/c1-3-6-17-10-12-24(28)20(14-17)18-11-13-25(19(15-18)7-4-2)29-16-21-22(26)8-5-9-23(21)27/h3-5,8-15,28H,1-2,6-7,16H2. The zero-order valence-corrected chi connectivity index (χ0v) is 17.5. The van der Waals surface area contributed by atoms with Crippen molar-refractivity contribution in [3.05, 3.63) is 107 Å². The van der Waals surface area contributed by atoms with Crippen LogP contribution in [0.15, 0.2) is 79.9 Å². The van der Waals surface area contributed by atoms with Gasteiger partial charge in [-0.15, -0.1) is 13.2 Å². The maximum atomic E-state index is 10.4. The lowest BCUT2D eigenvalue weighted by atomic mass is 9.97. The molecule has 0 aliphatic rings. The van der Waals surface area contributed by atoms with Crippen molar-refractivity contribution in [3.63, 3.8) is 0 Å². The highest BCUT2D eigenvalue weighted by Crippen LogP contribution is 2.34. The van der Waals surface area contributed by atoms with Gasteiger partial charge in [0, 0.05) is 21.2 Å². The summed E-state index contributed by atoms with van der Waals surface area (Å²) < 4.78 is 6.03. The topological polar surface area (TPSA) is 29.5 Å². The smallest absolute Gasteiger partial charge is 0.123 e. The normalized spacial score (nSPS) is 10.6. The Labute approximate surface area is 181 Å². The summed E-state index contributed by atoms with van der Waals surface area (Å²) in [6.45, 7) is 7.89. The molecule has 0 bridgehead atoms. The molecule has 3 aromatic rings. The molecule has 0 amide bonds. The van der Waals surface area contributed by atoms with Crippen molar-refractivity contribution in [2.45, 2.75) is 19.4 Å². The van der Waals surface area contributed by atoms with Crippen LogP contribution in [-0.2, 0) is 19.4 Å². The number of allylic oxidation sites excluding steroid dienone is 2. The predicted octanol–water partition coefficient (Wildman–Crippen LogP) is 7.40. The molecule has 4 heteroatoms. The van der Waals surface area contributed by atoms with E-state index in [0.29, 0.717) is 16.5 Å². The van der Waals surface area contributed by atoms with Crippen LogP contribution in [0.25, 0.3) is 11.1 Å². The van der Waals surface area contributed by atoms with E-state index in [9.17, 15) is 5.11 Å². The predicted molar refractivity (Wildman–Crippen MR) is 122 cm³/mol. The van der Waals surface area contributed by atoms with Crippen LogP contribution in [0.2, 0.25) is 10.0 Å². The maximum absolute atomic E-state index is 10.4. The molecule has 148 valence electrons. The van der Waals surface area contributed by atoms with E-state index in [-0.39, 0.29) is 12.4 Å². The first kappa shape index (κ1) is 21.0. The lowest BCUT2D eigenvalue weighted by Gasteiger charge is -2.15. The van der Waals surface area contributed by atoms with Crippen LogP contribution in [0.3, 0.4) is 0 Å². The van der Waals surface area contributed by atoms with Gasteiger partial charge in [0.25, 0.3) is 0 Å². The molecule has 29 heavy (non-hydrogen) atoms. The van der Waals surface area contributed by atoms with E-state index < -0.39 is 0 Å². The molecule has 2 nitrogen and oxygen atoms in total. The fourth-order valence-electron chi connectivity index (χ4n) is 3.13. The molecule has 3 rings (SSSR count). The summed E-state index contributed by atoms with van der Waals surface area (Å²) in [4.78, 5) is 0. The Bertz CT molecular complexity index is 1020. The number of ether oxygens (including phenoxy) is 1. The molecule has 0 fully saturated rings. The molecular weight excluding hydrogens is 403 g/mol. The van der Waals surface area contributed by atoms with Crippen molar-refractivity contribution < 1.29 is 9.84 Å². The number of halogens is 2. The fourth-order valence-corrected chi connectivity index (χ4v) is 3.64. The van der Waals surface area contributed by atoms with Gasteiger partial charge < -0.3 is 9.84 Å². The number of rotatable bonds is 8. The second-order valence-corrected chi connectivity index (χ2v) is 7.46. The molecule has 0 aromatic heterocycles. The summed E-state index contributed by atoms with van der Waals surface area (Å²) in [5.41, 5.74) is 4.49. The van der Waals surface area contributed by atoms with Gasteiger partial charge in [0.1, 0.15) is 18.1 Å². The van der Waals surface area contributed by atoms with E-state index >= 15 is 0 Å². The van der Waals surface area contributed by atoms with E-state index in [1.165, 1.54) is 0 Å². The molecule has 0 unspecified atom stereocenters. The maximum Gasteiger partial charge on any atom is 0.123 e. The first-order valence-electron chi connectivity index (χ1n) is 9.26. The number of phenols is 1. The van der Waals surface area contributed by atoms with Gasteiger partial charge in [-0.05, 0) is 65.9 Å². The van der Waals surface area contributed by atoms with Gasteiger partial charge >= 0.3 is 0 Å². The van der Waals surface area contributed by atoms with Crippen LogP contribution in [0.4, 0.5) is 0 Å². The molecule has 0 spiro atoms. The zero-order valence-electron chi connectivity index (χ0n) is 16.0. The van der Waals surface area contributed by atoms with Gasteiger partial charge in [-0.1, -0.05) is 53.6 Å². The first-order valence-corrected chi connectivity index (χ1v) is 10.0. The largest absolute Gasteiger partial charge is 0.507 e. The van der Waals surface area contributed by atoms with Crippen LogP contribution >= 0.6 is 23.2 Å². The minimum Gasteiger partial charge on any atom is -0.507 e. The van der Waals surface area contributed by atoms with Gasteiger partial charge in [-0.3, -0.25) is 0 Å². The van der Waals surface area contributed by atoms with Gasteiger partial charge in [-0.2, -0.15) is 0 Å². The third-order valence-electron chi connectivity index (χ3n) is 4.61. The molecule has 1 N–H and O–H groups in total. The Balaban J connectivity index is 1.92. The average Bonchev–Trinajstić information content (AvgIpc) is 2.70. The van der Waals surface area contributed by atoms with E-state index in [0.717, 1.165) is 40.0 Å². The molecule has 0 radical (unpaired) electrons. The minimum atomic E-state index is 0.235. The SMILES string of the molecule is C=CCc1ccc(O)c(-c2ccc(OCc3c(Cl)cccc3Cl)c(CC=C)c2)c1. The molecule has 0 heterocycles. The van der Waals surface area contributed by atoms with E-state index in [1.54, 1.807) is 24.3 Å². The summed E-state index contributed by atoms with van der Waals surface area (Å²) in [6.07, 6.45) is 5.04.